The van der Waals surface area contributed by atoms with Crippen molar-refractivity contribution in [2.24, 2.45) is 0 Å². The van der Waals surface area contributed by atoms with Gasteiger partial charge in [0, 0.05) is 0 Å². The van der Waals surface area contributed by atoms with Gasteiger partial charge in [-0.3, -0.25) is 0 Å². The number of rotatable bonds is 2. The average molecular weight is 297 g/mol. The minimum atomic E-state index is -4.34. The fourth-order valence-electron chi connectivity index (χ4n) is 2.55. The van der Waals surface area contributed by atoms with Crippen molar-refractivity contribution in [2.45, 2.75) is 0 Å². The van der Waals surface area contributed by atoms with E-state index in [-0.39, 0.29) is 0 Å². The first-order valence-electron chi connectivity index (χ1n) is 6.59. The zero-order valence-corrected chi connectivity index (χ0v) is 12.2. The average Bonchev–Trinajstić information content (AvgIpc) is 3.01. The molecule has 0 aliphatic carbocycles. The van der Waals surface area contributed by atoms with Gasteiger partial charge in [-0.1, -0.05) is 0 Å². The van der Waals surface area contributed by atoms with Gasteiger partial charge in [0.15, 0.2) is 0 Å². The Balaban J connectivity index is 1.90. The number of allylic oxidation sites excluding steroid dienone is 2. The van der Waals surface area contributed by atoms with Gasteiger partial charge in [-0.2, -0.15) is 0 Å². The SMILES string of the molecule is C=CC(=C)[Si-]12(Oc3ccccc3O1)Oc1ccccc1O2. The summed E-state index contributed by atoms with van der Waals surface area (Å²) in [5.41, 5.74) is 0. The summed E-state index contributed by atoms with van der Waals surface area (Å²) in [6, 6.07) is 14.7. The predicted molar refractivity (Wildman–Crippen MR) is 80.5 cm³/mol. The van der Waals surface area contributed by atoms with Crippen LogP contribution in [0.5, 0.6) is 23.0 Å². The molecular formula is C16H13O4Si-. The number of para-hydroxylation sites is 4. The van der Waals surface area contributed by atoms with Crippen LogP contribution >= 0.6 is 0 Å². The van der Waals surface area contributed by atoms with Crippen LogP contribution in [0.3, 0.4) is 0 Å². The molecule has 0 saturated heterocycles. The second kappa shape index (κ2) is 3.71. The van der Waals surface area contributed by atoms with E-state index in [0.29, 0.717) is 28.2 Å². The van der Waals surface area contributed by atoms with Crippen LogP contribution in [-0.4, -0.2) is 8.33 Å². The molecule has 0 aromatic heterocycles. The Bertz CT molecular complexity index is 670. The quantitative estimate of drug-likeness (QED) is 0.627. The normalized spacial score (nSPS) is 20.5. The summed E-state index contributed by atoms with van der Waals surface area (Å²) >= 11 is 0. The molecule has 0 atom stereocenters. The van der Waals surface area contributed by atoms with E-state index in [2.05, 4.69) is 13.2 Å². The van der Waals surface area contributed by atoms with Crippen molar-refractivity contribution in [1.82, 2.24) is 0 Å². The topological polar surface area (TPSA) is 36.9 Å². The minimum absolute atomic E-state index is 0.474. The van der Waals surface area contributed by atoms with Gasteiger partial charge in [-0.15, -0.1) is 0 Å². The van der Waals surface area contributed by atoms with Gasteiger partial charge in [0.1, 0.15) is 0 Å². The molecule has 4 nitrogen and oxygen atoms in total. The standard InChI is InChI=1S/C16H13O4Si/c1-3-12(2)21(17-13-8-4-5-9-14(13)18-21)19-15-10-6-7-11-16(15)20-21/h3-11H,1-2H2/q-1. The predicted octanol–water partition coefficient (Wildman–Crippen LogP) is 3.60. The summed E-state index contributed by atoms with van der Waals surface area (Å²) < 4.78 is 24.4. The van der Waals surface area contributed by atoms with E-state index >= 15 is 0 Å². The van der Waals surface area contributed by atoms with Gasteiger partial charge >= 0.3 is 122 Å². The number of benzene rings is 2. The maximum absolute atomic E-state index is 6.09. The zero-order chi connectivity index (χ0) is 14.5. The van der Waals surface area contributed by atoms with E-state index in [9.17, 15) is 0 Å². The van der Waals surface area contributed by atoms with Crippen LogP contribution in [0.4, 0.5) is 0 Å². The number of fused-ring (bicyclic) bond motifs is 2. The van der Waals surface area contributed by atoms with Crippen molar-refractivity contribution < 1.29 is 17.7 Å². The van der Waals surface area contributed by atoms with Crippen LogP contribution in [-0.2, 0) is 0 Å². The molecule has 2 aromatic rings. The molecule has 5 heteroatoms. The molecule has 0 saturated carbocycles. The van der Waals surface area contributed by atoms with Crippen molar-refractivity contribution in [3.05, 3.63) is 73.0 Å². The molecule has 0 fully saturated rings. The molecule has 2 aromatic carbocycles. The first kappa shape index (κ1) is 12.1. The Kier molecular flexibility index (Phi) is 2.14. The van der Waals surface area contributed by atoms with E-state index in [4.69, 9.17) is 17.7 Å². The number of hydrogen-bond acceptors (Lipinski definition) is 4. The van der Waals surface area contributed by atoms with Crippen molar-refractivity contribution in [1.29, 1.82) is 0 Å². The van der Waals surface area contributed by atoms with Gasteiger partial charge in [0.2, 0.25) is 0 Å². The summed E-state index contributed by atoms with van der Waals surface area (Å²) in [6.07, 6.45) is 1.56. The van der Waals surface area contributed by atoms with Crippen LogP contribution in [0, 0.1) is 0 Å². The van der Waals surface area contributed by atoms with Gasteiger partial charge in [0.05, 0.1) is 0 Å². The Labute approximate surface area is 122 Å². The summed E-state index contributed by atoms with van der Waals surface area (Å²) in [7, 11) is -4.34. The fourth-order valence-corrected chi connectivity index (χ4v) is 5.85. The van der Waals surface area contributed by atoms with E-state index < -0.39 is 8.33 Å². The van der Waals surface area contributed by atoms with E-state index in [1.807, 2.05) is 48.5 Å². The molecule has 21 heavy (non-hydrogen) atoms. The molecule has 1 spiro atoms. The summed E-state index contributed by atoms with van der Waals surface area (Å²) in [6.45, 7) is 7.76. The molecule has 2 aliphatic rings. The molecule has 2 aliphatic heterocycles. The van der Waals surface area contributed by atoms with Crippen LogP contribution in [0.1, 0.15) is 0 Å². The molecule has 0 bridgehead atoms. The van der Waals surface area contributed by atoms with Crippen LogP contribution in [0.2, 0.25) is 0 Å². The molecule has 2 heterocycles. The fraction of sp³-hybridized carbons (Fsp3) is 0. The molecule has 0 unspecified atom stereocenters. The third kappa shape index (κ3) is 1.43. The van der Waals surface area contributed by atoms with Gasteiger partial charge in [-0.25, -0.2) is 0 Å². The summed E-state index contributed by atoms with van der Waals surface area (Å²) in [5.74, 6) is 2.34. The van der Waals surface area contributed by atoms with Crippen molar-refractivity contribution in [2.75, 3.05) is 0 Å². The zero-order valence-electron chi connectivity index (χ0n) is 11.2. The molecule has 0 radical (unpaired) electrons. The Morgan fingerprint density at radius 1 is 0.762 bits per heavy atom. The molecule has 0 amide bonds. The van der Waals surface area contributed by atoms with Crippen LogP contribution < -0.4 is 17.7 Å². The third-order valence-corrected chi connectivity index (χ3v) is 7.15. The molecule has 106 valence electrons. The Morgan fingerprint density at radius 3 is 1.38 bits per heavy atom. The van der Waals surface area contributed by atoms with Crippen LogP contribution in [0.25, 0.3) is 0 Å². The van der Waals surface area contributed by atoms with Crippen molar-refractivity contribution in [3.8, 4) is 23.0 Å². The first-order valence-corrected chi connectivity index (χ1v) is 8.72. The number of hydrogen-bond donors (Lipinski definition) is 0. The van der Waals surface area contributed by atoms with E-state index in [0.717, 1.165) is 0 Å². The second-order valence-corrected chi connectivity index (χ2v) is 8.21. The van der Waals surface area contributed by atoms with Crippen molar-refractivity contribution >= 4 is 8.33 Å². The maximum atomic E-state index is 6.09. The molecule has 4 rings (SSSR count). The molecular weight excluding hydrogens is 284 g/mol. The van der Waals surface area contributed by atoms with Crippen molar-refractivity contribution in [3.63, 3.8) is 0 Å². The second-order valence-electron chi connectivity index (χ2n) is 4.94. The monoisotopic (exact) mass is 297 g/mol. The Hall–Kier alpha value is -2.66. The first-order chi connectivity index (χ1) is 10.1. The summed E-state index contributed by atoms with van der Waals surface area (Å²) in [4.78, 5) is 0. The summed E-state index contributed by atoms with van der Waals surface area (Å²) in [5, 5.41) is 0.474. The van der Waals surface area contributed by atoms with Gasteiger partial charge < -0.3 is 0 Å². The van der Waals surface area contributed by atoms with Gasteiger partial charge in [0.25, 0.3) is 0 Å². The van der Waals surface area contributed by atoms with E-state index in [1.165, 1.54) is 0 Å². The van der Waals surface area contributed by atoms with Crippen LogP contribution in [0.15, 0.2) is 73.0 Å². The molecule has 0 N–H and O–H groups in total. The third-order valence-electron chi connectivity index (χ3n) is 3.61. The Morgan fingerprint density at radius 2 is 1.10 bits per heavy atom. The van der Waals surface area contributed by atoms with Gasteiger partial charge in [-0.05, 0) is 0 Å². The van der Waals surface area contributed by atoms with E-state index in [1.54, 1.807) is 6.08 Å².